The van der Waals surface area contributed by atoms with Crippen molar-refractivity contribution >= 4 is 19.5 Å². The largest absolute Gasteiger partial charge is 0.467 e. The molecule has 0 radical (unpaired) electrons. The van der Waals surface area contributed by atoms with Gasteiger partial charge in [0.1, 0.15) is 6.04 Å². The van der Waals surface area contributed by atoms with Crippen molar-refractivity contribution in [1.29, 1.82) is 0 Å². The molecule has 0 unspecified atom stereocenters. The minimum absolute atomic E-state index is 0.307. The quantitative estimate of drug-likeness (QED) is 0.200. The van der Waals surface area contributed by atoms with Crippen LogP contribution in [0.15, 0.2) is 34.9 Å². The first-order chi connectivity index (χ1) is 13.6. The fourth-order valence-electron chi connectivity index (χ4n) is 2.51. The second-order valence-corrected chi connectivity index (χ2v) is 9.46. The van der Waals surface area contributed by atoms with Gasteiger partial charge in [-0.25, -0.2) is 4.79 Å². The average molecular weight is 429 g/mol. The Kier molecular flexibility index (Phi) is 13.5. The smallest absolute Gasteiger partial charge is 0.332 e. The number of ether oxygens (including phenoxy) is 1. The third kappa shape index (κ3) is 12.5. The molecule has 0 spiro atoms. The highest BCUT2D eigenvalue weighted by atomic mass is 31.2. The summed E-state index contributed by atoms with van der Waals surface area (Å²) in [5.41, 5.74) is 3.52. The lowest BCUT2D eigenvalue weighted by molar-refractivity contribution is -0.144. The van der Waals surface area contributed by atoms with Crippen LogP contribution in [0.2, 0.25) is 0 Å². The van der Waals surface area contributed by atoms with E-state index in [2.05, 4.69) is 43.0 Å². The number of amides is 1. The van der Waals surface area contributed by atoms with Gasteiger partial charge in [0.05, 0.1) is 13.3 Å². The maximum Gasteiger partial charge on any atom is 0.332 e. The fraction of sp³-hybridized carbons (Fsp3) is 0.619. The van der Waals surface area contributed by atoms with E-state index >= 15 is 0 Å². The molecule has 1 N–H and O–H groups in total. The van der Waals surface area contributed by atoms with Crippen molar-refractivity contribution in [2.45, 2.75) is 59.4 Å². The summed E-state index contributed by atoms with van der Waals surface area (Å²) in [6.07, 6.45) is 9.14. The molecule has 166 valence electrons. The molecule has 1 amide bonds. The SMILES string of the molecule is COC(=O)[C@H](CP(=O)(OC)OC)NC(=O)/C=C(\C)CC/C=C(\C)CCC=C(C)C. The Labute approximate surface area is 175 Å². The summed E-state index contributed by atoms with van der Waals surface area (Å²) in [6, 6.07) is -1.13. The molecule has 1 atom stereocenters. The molecule has 29 heavy (non-hydrogen) atoms. The number of nitrogens with one attached hydrogen (secondary N) is 1. The van der Waals surface area contributed by atoms with Crippen LogP contribution in [0, 0.1) is 0 Å². The molecule has 0 fully saturated rings. The standard InChI is InChI=1S/C21H36NO6P/c1-16(2)10-8-11-17(3)12-9-13-18(4)14-20(23)22-19(21(24)26-5)15-29(25,27-6)28-7/h10,12,14,19H,8-9,11,13,15H2,1-7H3,(H,22,23)/b17-12+,18-14+/t19-/m0/s1. The maximum absolute atomic E-state index is 12.3. The second-order valence-electron chi connectivity index (χ2n) is 7.14. The number of allylic oxidation sites excluding steroid dienone is 5. The van der Waals surface area contributed by atoms with Crippen molar-refractivity contribution in [3.63, 3.8) is 0 Å². The number of rotatable bonds is 13. The Morgan fingerprint density at radius 3 is 2.00 bits per heavy atom. The first-order valence-corrected chi connectivity index (χ1v) is 11.3. The van der Waals surface area contributed by atoms with Crippen LogP contribution in [0.3, 0.4) is 0 Å². The monoisotopic (exact) mass is 429 g/mol. The molecule has 0 aliphatic heterocycles. The predicted octanol–water partition coefficient (Wildman–Crippen LogP) is 4.55. The molecule has 0 aliphatic rings. The molecule has 0 aromatic rings. The van der Waals surface area contributed by atoms with Gasteiger partial charge in [0.25, 0.3) is 0 Å². The van der Waals surface area contributed by atoms with Gasteiger partial charge in [0, 0.05) is 20.3 Å². The minimum atomic E-state index is -3.49. The molecule has 0 bridgehead atoms. The number of carbonyl (C=O) groups excluding carboxylic acids is 2. The van der Waals surface area contributed by atoms with Gasteiger partial charge in [-0.2, -0.15) is 0 Å². The third-order valence-corrected chi connectivity index (χ3v) is 6.19. The Bertz CT molecular complexity index is 669. The predicted molar refractivity (Wildman–Crippen MR) is 116 cm³/mol. The lowest BCUT2D eigenvalue weighted by Crippen LogP contribution is -2.43. The highest BCUT2D eigenvalue weighted by Gasteiger charge is 2.32. The lowest BCUT2D eigenvalue weighted by atomic mass is 10.1. The van der Waals surface area contributed by atoms with E-state index in [0.29, 0.717) is 0 Å². The molecular formula is C21H36NO6P. The lowest BCUT2D eigenvalue weighted by Gasteiger charge is -2.20. The highest BCUT2D eigenvalue weighted by Crippen LogP contribution is 2.46. The Morgan fingerprint density at radius 2 is 1.48 bits per heavy atom. The average Bonchev–Trinajstić information content (AvgIpc) is 2.66. The zero-order valence-corrected chi connectivity index (χ0v) is 19.6. The first-order valence-electron chi connectivity index (χ1n) is 9.61. The van der Waals surface area contributed by atoms with Crippen molar-refractivity contribution in [3.8, 4) is 0 Å². The van der Waals surface area contributed by atoms with Crippen LogP contribution in [-0.4, -0.2) is 45.4 Å². The van der Waals surface area contributed by atoms with E-state index in [-0.39, 0.29) is 6.16 Å². The number of hydrogen-bond donors (Lipinski definition) is 1. The van der Waals surface area contributed by atoms with Crippen molar-refractivity contribution in [2.75, 3.05) is 27.5 Å². The molecule has 0 saturated heterocycles. The van der Waals surface area contributed by atoms with Crippen molar-refractivity contribution in [1.82, 2.24) is 5.32 Å². The van der Waals surface area contributed by atoms with Gasteiger partial charge in [0.2, 0.25) is 5.91 Å². The summed E-state index contributed by atoms with van der Waals surface area (Å²) < 4.78 is 26.6. The van der Waals surface area contributed by atoms with Gasteiger partial charge in [-0.1, -0.05) is 28.9 Å². The molecule has 0 aromatic heterocycles. The van der Waals surface area contributed by atoms with Gasteiger partial charge in [-0.15, -0.1) is 0 Å². The van der Waals surface area contributed by atoms with E-state index in [9.17, 15) is 14.2 Å². The Hall–Kier alpha value is -1.69. The van der Waals surface area contributed by atoms with Crippen LogP contribution in [0.4, 0.5) is 0 Å². The van der Waals surface area contributed by atoms with Gasteiger partial charge in [-0.05, 0) is 53.4 Å². The van der Waals surface area contributed by atoms with Crippen LogP contribution >= 0.6 is 7.60 Å². The van der Waals surface area contributed by atoms with E-state index < -0.39 is 25.5 Å². The second kappa shape index (κ2) is 14.3. The summed E-state index contributed by atoms with van der Waals surface area (Å²) in [4.78, 5) is 24.2. The van der Waals surface area contributed by atoms with Crippen molar-refractivity contribution < 1.29 is 27.9 Å². The third-order valence-electron chi connectivity index (χ3n) is 4.26. The molecule has 0 heterocycles. The Balaban J connectivity index is 4.78. The summed E-state index contributed by atoms with van der Waals surface area (Å²) in [5, 5.41) is 2.52. The Morgan fingerprint density at radius 1 is 0.931 bits per heavy atom. The van der Waals surface area contributed by atoms with E-state index in [1.807, 2.05) is 6.92 Å². The molecule has 0 aliphatic carbocycles. The van der Waals surface area contributed by atoms with Crippen molar-refractivity contribution in [3.05, 3.63) is 34.9 Å². The van der Waals surface area contributed by atoms with E-state index in [4.69, 9.17) is 9.05 Å². The molecule has 0 saturated carbocycles. The zero-order chi connectivity index (χ0) is 22.4. The van der Waals surface area contributed by atoms with Crippen LogP contribution in [-0.2, 0) is 27.9 Å². The molecule has 8 heteroatoms. The van der Waals surface area contributed by atoms with Gasteiger partial charge in [-0.3, -0.25) is 9.36 Å². The van der Waals surface area contributed by atoms with Crippen LogP contribution in [0.25, 0.3) is 0 Å². The summed E-state index contributed by atoms with van der Waals surface area (Å²) in [5.74, 6) is -1.17. The van der Waals surface area contributed by atoms with Gasteiger partial charge in [0.15, 0.2) is 0 Å². The number of hydrogen-bond acceptors (Lipinski definition) is 6. The number of methoxy groups -OCH3 is 1. The van der Waals surface area contributed by atoms with E-state index in [1.165, 1.54) is 38.6 Å². The van der Waals surface area contributed by atoms with E-state index in [0.717, 1.165) is 31.3 Å². The van der Waals surface area contributed by atoms with Gasteiger partial charge < -0.3 is 19.1 Å². The van der Waals surface area contributed by atoms with E-state index in [1.54, 1.807) is 0 Å². The number of esters is 1. The van der Waals surface area contributed by atoms with Crippen LogP contribution in [0.1, 0.15) is 53.4 Å². The summed E-state index contributed by atoms with van der Waals surface area (Å²) in [6.45, 7) is 8.14. The summed E-state index contributed by atoms with van der Waals surface area (Å²) in [7, 11) is 0.150. The fourth-order valence-corrected chi connectivity index (χ4v) is 3.65. The van der Waals surface area contributed by atoms with Crippen LogP contribution in [0.5, 0.6) is 0 Å². The number of carbonyl (C=O) groups is 2. The first kappa shape index (κ1) is 27.3. The molecular weight excluding hydrogens is 393 g/mol. The topological polar surface area (TPSA) is 90.9 Å². The highest BCUT2D eigenvalue weighted by molar-refractivity contribution is 7.53. The van der Waals surface area contributed by atoms with Gasteiger partial charge >= 0.3 is 13.6 Å². The zero-order valence-electron chi connectivity index (χ0n) is 18.7. The normalized spacial score (nSPS) is 13.6. The summed E-state index contributed by atoms with van der Waals surface area (Å²) >= 11 is 0. The maximum atomic E-state index is 12.3. The molecule has 7 nitrogen and oxygen atoms in total. The molecule has 0 rings (SSSR count). The van der Waals surface area contributed by atoms with Crippen LogP contribution < -0.4 is 5.32 Å². The minimum Gasteiger partial charge on any atom is -0.467 e. The van der Waals surface area contributed by atoms with Crippen molar-refractivity contribution in [2.24, 2.45) is 0 Å². The molecule has 0 aromatic carbocycles.